The molecule has 0 aromatic heterocycles. The van der Waals surface area contributed by atoms with Crippen LogP contribution in [-0.4, -0.2) is 26.7 Å². The summed E-state index contributed by atoms with van der Waals surface area (Å²) < 4.78 is 26.8. The van der Waals surface area contributed by atoms with Crippen LogP contribution in [0.25, 0.3) is 0 Å². The van der Waals surface area contributed by atoms with Crippen molar-refractivity contribution in [1.82, 2.24) is 4.72 Å². The van der Waals surface area contributed by atoms with Crippen molar-refractivity contribution in [2.75, 3.05) is 13.2 Å². The summed E-state index contributed by atoms with van der Waals surface area (Å²) in [7, 11) is -3.45. The Kier molecular flexibility index (Phi) is 6.73. The van der Waals surface area contributed by atoms with Crippen molar-refractivity contribution in [3.63, 3.8) is 0 Å². The Morgan fingerprint density at radius 1 is 1.30 bits per heavy atom. The molecule has 5 heteroatoms. The van der Waals surface area contributed by atoms with Crippen molar-refractivity contribution >= 4 is 10.0 Å². The first-order valence-corrected chi connectivity index (χ1v) is 8.19. The van der Waals surface area contributed by atoms with Gasteiger partial charge in [0.05, 0.1) is 4.90 Å². The lowest BCUT2D eigenvalue weighted by Crippen LogP contribution is -2.24. The highest BCUT2D eigenvalue weighted by Gasteiger charge is 2.13. The van der Waals surface area contributed by atoms with Crippen molar-refractivity contribution in [2.24, 2.45) is 0 Å². The van der Waals surface area contributed by atoms with Crippen LogP contribution in [0.2, 0.25) is 0 Å². The van der Waals surface area contributed by atoms with Gasteiger partial charge in [-0.3, -0.25) is 0 Å². The van der Waals surface area contributed by atoms with E-state index >= 15 is 0 Å². The Labute approximate surface area is 121 Å². The third kappa shape index (κ3) is 4.97. The van der Waals surface area contributed by atoms with E-state index < -0.39 is 10.0 Å². The zero-order valence-corrected chi connectivity index (χ0v) is 12.8. The zero-order chi connectivity index (χ0) is 15.0. The van der Waals surface area contributed by atoms with Crippen LogP contribution in [0.5, 0.6) is 0 Å². The first-order valence-electron chi connectivity index (χ1n) is 6.71. The van der Waals surface area contributed by atoms with Gasteiger partial charge in [-0.05, 0) is 37.1 Å². The molecule has 0 amide bonds. The molecule has 20 heavy (non-hydrogen) atoms. The van der Waals surface area contributed by atoms with E-state index in [1.807, 2.05) is 0 Å². The molecule has 1 rings (SSSR count). The van der Waals surface area contributed by atoms with Gasteiger partial charge in [0, 0.05) is 12.1 Å². The van der Waals surface area contributed by atoms with E-state index in [1.165, 1.54) is 6.07 Å². The molecular weight excluding hydrogens is 274 g/mol. The quantitative estimate of drug-likeness (QED) is 0.621. The Morgan fingerprint density at radius 2 is 2.05 bits per heavy atom. The van der Waals surface area contributed by atoms with Crippen molar-refractivity contribution in [1.29, 1.82) is 0 Å². The summed E-state index contributed by atoms with van der Waals surface area (Å²) in [6.45, 7) is 4.13. The van der Waals surface area contributed by atoms with Crippen LogP contribution in [0.1, 0.15) is 37.3 Å². The fraction of sp³-hybridized carbons (Fsp3) is 0.467. The van der Waals surface area contributed by atoms with Gasteiger partial charge in [0.15, 0.2) is 0 Å². The minimum Gasteiger partial charge on any atom is -0.384 e. The molecule has 4 nitrogen and oxygen atoms in total. The van der Waals surface area contributed by atoms with Crippen molar-refractivity contribution in [2.45, 2.75) is 38.0 Å². The van der Waals surface area contributed by atoms with Crippen molar-refractivity contribution in [3.05, 3.63) is 29.3 Å². The second-order valence-electron chi connectivity index (χ2n) is 4.54. The molecule has 0 fully saturated rings. The molecule has 0 aliphatic rings. The van der Waals surface area contributed by atoms with Crippen molar-refractivity contribution < 1.29 is 13.5 Å². The lowest BCUT2D eigenvalue weighted by Gasteiger charge is -2.08. The van der Waals surface area contributed by atoms with Crippen LogP contribution in [-0.2, 0) is 10.0 Å². The van der Waals surface area contributed by atoms with Gasteiger partial charge in [0.1, 0.15) is 6.61 Å². The summed E-state index contributed by atoms with van der Waals surface area (Å²) in [5.41, 5.74) is 1.51. The number of hydrogen-bond donors (Lipinski definition) is 2. The van der Waals surface area contributed by atoms with Gasteiger partial charge in [-0.1, -0.05) is 31.6 Å². The molecule has 0 atom stereocenters. The highest BCUT2D eigenvalue weighted by Crippen LogP contribution is 2.14. The molecular formula is C15H21NO3S. The summed E-state index contributed by atoms with van der Waals surface area (Å²) >= 11 is 0. The van der Waals surface area contributed by atoms with Crippen LogP contribution in [0.15, 0.2) is 23.1 Å². The minimum atomic E-state index is -3.45. The average Bonchev–Trinajstić information content (AvgIpc) is 2.42. The van der Waals surface area contributed by atoms with E-state index in [0.29, 0.717) is 6.54 Å². The molecule has 110 valence electrons. The van der Waals surface area contributed by atoms with E-state index in [-0.39, 0.29) is 11.5 Å². The predicted octanol–water partition coefficient (Wildman–Crippen LogP) is 1.81. The predicted molar refractivity (Wildman–Crippen MR) is 79.9 cm³/mol. The standard InChI is InChI=1S/C15H21NO3S/c1-3-4-5-10-16-20(18,19)15-9-8-14(7-6-11-17)13(2)12-15/h8-9,12,16-17H,3-5,10-11H2,1-2H3. The summed E-state index contributed by atoms with van der Waals surface area (Å²) in [6, 6.07) is 4.80. The number of nitrogens with one attached hydrogen (secondary N) is 1. The van der Waals surface area contributed by atoms with Gasteiger partial charge >= 0.3 is 0 Å². The monoisotopic (exact) mass is 295 g/mol. The highest BCUT2D eigenvalue weighted by atomic mass is 32.2. The molecule has 0 radical (unpaired) electrons. The van der Waals surface area contributed by atoms with E-state index in [0.717, 1.165) is 30.4 Å². The van der Waals surface area contributed by atoms with Gasteiger partial charge in [-0.25, -0.2) is 13.1 Å². The Hall–Kier alpha value is -1.35. The molecule has 0 aliphatic carbocycles. The average molecular weight is 295 g/mol. The topological polar surface area (TPSA) is 66.4 Å². The van der Waals surface area contributed by atoms with E-state index in [4.69, 9.17) is 5.11 Å². The van der Waals surface area contributed by atoms with Crippen LogP contribution in [0.4, 0.5) is 0 Å². The summed E-state index contributed by atoms with van der Waals surface area (Å²) in [4.78, 5) is 0.251. The lowest BCUT2D eigenvalue weighted by molar-refractivity contribution is 0.350. The number of hydrogen-bond acceptors (Lipinski definition) is 3. The summed E-state index contributed by atoms with van der Waals surface area (Å²) in [5.74, 6) is 5.34. The normalized spacial score (nSPS) is 10.9. The van der Waals surface area contributed by atoms with Gasteiger partial charge in [0.2, 0.25) is 10.0 Å². The van der Waals surface area contributed by atoms with E-state index in [9.17, 15) is 8.42 Å². The van der Waals surface area contributed by atoms with Crippen LogP contribution >= 0.6 is 0 Å². The minimum absolute atomic E-state index is 0.210. The first-order chi connectivity index (χ1) is 9.51. The maximum absolute atomic E-state index is 12.1. The molecule has 2 N–H and O–H groups in total. The number of unbranched alkanes of at least 4 members (excludes halogenated alkanes) is 2. The van der Waals surface area contributed by atoms with Crippen molar-refractivity contribution in [3.8, 4) is 11.8 Å². The zero-order valence-electron chi connectivity index (χ0n) is 11.9. The number of sulfonamides is 1. The molecule has 0 heterocycles. The number of benzene rings is 1. The molecule has 0 unspecified atom stereocenters. The molecule has 0 bridgehead atoms. The summed E-state index contributed by atoms with van der Waals surface area (Å²) in [5, 5.41) is 8.66. The summed E-state index contributed by atoms with van der Waals surface area (Å²) in [6.07, 6.45) is 2.91. The second-order valence-corrected chi connectivity index (χ2v) is 6.31. The number of aliphatic hydroxyl groups excluding tert-OH is 1. The molecule has 1 aromatic rings. The van der Waals surface area contributed by atoms with Gasteiger partial charge in [0.25, 0.3) is 0 Å². The van der Waals surface area contributed by atoms with Crippen LogP contribution in [0, 0.1) is 18.8 Å². The second kappa shape index (κ2) is 8.05. The van der Waals surface area contributed by atoms with Crippen LogP contribution < -0.4 is 4.72 Å². The fourth-order valence-corrected chi connectivity index (χ4v) is 2.90. The number of aliphatic hydroxyl groups is 1. The Morgan fingerprint density at radius 3 is 2.65 bits per heavy atom. The smallest absolute Gasteiger partial charge is 0.240 e. The SMILES string of the molecule is CCCCCNS(=O)(=O)c1ccc(C#CCO)c(C)c1. The fourth-order valence-electron chi connectivity index (χ4n) is 1.74. The van der Waals surface area contributed by atoms with Crippen LogP contribution in [0.3, 0.4) is 0 Å². The largest absolute Gasteiger partial charge is 0.384 e. The lowest BCUT2D eigenvalue weighted by atomic mass is 10.1. The maximum atomic E-state index is 12.1. The highest BCUT2D eigenvalue weighted by molar-refractivity contribution is 7.89. The number of rotatable bonds is 6. The third-order valence-electron chi connectivity index (χ3n) is 2.88. The maximum Gasteiger partial charge on any atom is 0.240 e. The van der Waals surface area contributed by atoms with E-state index in [2.05, 4.69) is 23.5 Å². The molecule has 0 saturated heterocycles. The number of aryl methyl sites for hydroxylation is 1. The Balaban J connectivity index is 2.83. The molecule has 0 saturated carbocycles. The molecule has 0 spiro atoms. The third-order valence-corrected chi connectivity index (χ3v) is 4.34. The van der Waals surface area contributed by atoms with E-state index in [1.54, 1.807) is 19.1 Å². The van der Waals surface area contributed by atoms with Gasteiger partial charge in [-0.2, -0.15) is 0 Å². The molecule has 1 aromatic carbocycles. The van der Waals surface area contributed by atoms with Gasteiger partial charge in [-0.15, -0.1) is 0 Å². The first kappa shape index (κ1) is 16.7. The van der Waals surface area contributed by atoms with Gasteiger partial charge < -0.3 is 5.11 Å². The Bertz CT molecular complexity index is 597. The molecule has 0 aliphatic heterocycles.